The van der Waals surface area contributed by atoms with E-state index in [1.807, 2.05) is 32.0 Å². The Hall–Kier alpha value is -3.24. The van der Waals surface area contributed by atoms with E-state index in [2.05, 4.69) is 10.3 Å². The molecule has 1 aromatic heterocycles. The van der Waals surface area contributed by atoms with Gasteiger partial charge in [-0.3, -0.25) is 9.10 Å². The SMILES string of the molecule is Cc1ccc(C)c(NC(=O)Cc2nc(COC(=O)c3ccc4c(c3)CCN4S(C)(=O)=O)cs2)c1. The summed E-state index contributed by atoms with van der Waals surface area (Å²) in [5, 5.41) is 5.31. The second kappa shape index (κ2) is 9.55. The molecule has 34 heavy (non-hydrogen) atoms. The molecule has 2 aromatic carbocycles. The average molecular weight is 500 g/mol. The van der Waals surface area contributed by atoms with E-state index in [1.54, 1.807) is 23.6 Å². The van der Waals surface area contributed by atoms with Crippen molar-refractivity contribution in [2.24, 2.45) is 0 Å². The molecule has 2 heterocycles. The van der Waals surface area contributed by atoms with E-state index in [1.165, 1.54) is 21.9 Å². The number of anilines is 2. The number of amides is 1. The highest BCUT2D eigenvalue weighted by Gasteiger charge is 2.27. The zero-order valence-electron chi connectivity index (χ0n) is 19.1. The molecule has 10 heteroatoms. The Morgan fingerprint density at radius 1 is 1.18 bits per heavy atom. The lowest BCUT2D eigenvalue weighted by molar-refractivity contribution is -0.115. The maximum Gasteiger partial charge on any atom is 0.338 e. The van der Waals surface area contributed by atoms with Crippen LogP contribution in [0.25, 0.3) is 0 Å². The number of hydrogen-bond donors (Lipinski definition) is 1. The number of esters is 1. The number of aromatic nitrogens is 1. The first kappa shape index (κ1) is 23.9. The first-order valence-corrected chi connectivity index (χ1v) is 13.4. The normalized spacial score (nSPS) is 13.0. The summed E-state index contributed by atoms with van der Waals surface area (Å²) in [4.78, 5) is 29.3. The van der Waals surface area contributed by atoms with Crippen LogP contribution in [-0.4, -0.2) is 38.1 Å². The third-order valence-corrected chi connectivity index (χ3v) is 7.58. The van der Waals surface area contributed by atoms with Gasteiger partial charge in [0.05, 0.1) is 29.6 Å². The zero-order chi connectivity index (χ0) is 24.5. The molecule has 0 spiro atoms. The number of fused-ring (bicyclic) bond motifs is 1. The fourth-order valence-electron chi connectivity index (χ4n) is 3.76. The van der Waals surface area contributed by atoms with Gasteiger partial charge in [0, 0.05) is 17.6 Å². The largest absolute Gasteiger partial charge is 0.456 e. The first-order valence-electron chi connectivity index (χ1n) is 10.7. The van der Waals surface area contributed by atoms with Gasteiger partial charge in [0.2, 0.25) is 15.9 Å². The van der Waals surface area contributed by atoms with Crippen LogP contribution in [0.2, 0.25) is 0 Å². The predicted molar refractivity (Wildman–Crippen MR) is 132 cm³/mol. The van der Waals surface area contributed by atoms with E-state index in [-0.39, 0.29) is 18.9 Å². The second-order valence-corrected chi connectivity index (χ2v) is 11.1. The molecule has 1 aliphatic heterocycles. The van der Waals surface area contributed by atoms with Gasteiger partial charge in [-0.1, -0.05) is 12.1 Å². The van der Waals surface area contributed by atoms with Crippen LogP contribution in [0, 0.1) is 13.8 Å². The van der Waals surface area contributed by atoms with Gasteiger partial charge in [-0.2, -0.15) is 0 Å². The van der Waals surface area contributed by atoms with E-state index in [0.29, 0.717) is 34.9 Å². The molecule has 178 valence electrons. The summed E-state index contributed by atoms with van der Waals surface area (Å²) >= 11 is 1.34. The number of nitrogens with zero attached hydrogens (tertiary/aromatic N) is 2. The molecule has 0 unspecified atom stereocenters. The molecule has 0 fully saturated rings. The number of rotatable bonds is 7. The fraction of sp³-hybridized carbons (Fsp3) is 0.292. The molecule has 0 aliphatic carbocycles. The zero-order valence-corrected chi connectivity index (χ0v) is 20.8. The molecule has 1 amide bonds. The van der Waals surface area contributed by atoms with Crippen molar-refractivity contribution < 1.29 is 22.7 Å². The summed E-state index contributed by atoms with van der Waals surface area (Å²) in [7, 11) is -3.34. The molecule has 0 saturated carbocycles. The van der Waals surface area contributed by atoms with Gasteiger partial charge >= 0.3 is 5.97 Å². The minimum atomic E-state index is -3.34. The Kier molecular flexibility index (Phi) is 6.72. The summed E-state index contributed by atoms with van der Waals surface area (Å²) < 4.78 is 30.5. The van der Waals surface area contributed by atoms with Gasteiger partial charge in [0.25, 0.3) is 0 Å². The molecule has 0 radical (unpaired) electrons. The Balaban J connectivity index is 1.33. The monoisotopic (exact) mass is 499 g/mol. The van der Waals surface area contributed by atoms with E-state index in [0.717, 1.165) is 22.4 Å². The highest BCUT2D eigenvalue weighted by molar-refractivity contribution is 7.92. The van der Waals surface area contributed by atoms with Gasteiger partial charge in [0.1, 0.15) is 11.6 Å². The summed E-state index contributed by atoms with van der Waals surface area (Å²) in [5.41, 5.74) is 5.16. The number of benzene rings is 2. The van der Waals surface area contributed by atoms with E-state index < -0.39 is 16.0 Å². The van der Waals surface area contributed by atoms with Crippen LogP contribution in [0.4, 0.5) is 11.4 Å². The third kappa shape index (κ3) is 5.45. The van der Waals surface area contributed by atoms with E-state index >= 15 is 0 Å². The fourth-order valence-corrected chi connectivity index (χ4v) is 5.50. The van der Waals surface area contributed by atoms with Gasteiger partial charge in [-0.05, 0) is 61.2 Å². The number of aryl methyl sites for hydroxylation is 2. The Bertz CT molecular complexity index is 1360. The Labute approximate surface area is 202 Å². The highest BCUT2D eigenvalue weighted by atomic mass is 32.2. The van der Waals surface area contributed by atoms with Gasteiger partial charge in [-0.15, -0.1) is 11.3 Å². The molecule has 3 aromatic rings. The van der Waals surface area contributed by atoms with Gasteiger partial charge in [-0.25, -0.2) is 18.2 Å². The minimum absolute atomic E-state index is 0.0134. The topological polar surface area (TPSA) is 106 Å². The van der Waals surface area contributed by atoms with Crippen molar-refractivity contribution in [1.29, 1.82) is 0 Å². The lowest BCUT2D eigenvalue weighted by Crippen LogP contribution is -2.27. The molecular formula is C24H25N3O5S2. The van der Waals surface area contributed by atoms with Gasteiger partial charge < -0.3 is 10.1 Å². The molecule has 4 rings (SSSR count). The third-order valence-electron chi connectivity index (χ3n) is 5.50. The quantitative estimate of drug-likeness (QED) is 0.498. The maximum absolute atomic E-state index is 12.5. The lowest BCUT2D eigenvalue weighted by atomic mass is 10.1. The summed E-state index contributed by atoms with van der Waals surface area (Å²) in [6, 6.07) is 10.8. The van der Waals surface area contributed by atoms with Crippen molar-refractivity contribution in [3.05, 3.63) is 74.7 Å². The molecule has 1 N–H and O–H groups in total. The molecule has 0 bridgehead atoms. The standard InChI is InChI=1S/C24H25N3O5S2/c1-15-4-5-16(2)20(10-15)26-22(28)12-23-25-19(14-33-23)13-32-24(29)18-6-7-21-17(11-18)8-9-27(21)34(3,30)31/h4-7,10-11,14H,8-9,12-13H2,1-3H3,(H,26,28). The summed E-state index contributed by atoms with van der Waals surface area (Å²) in [6.45, 7) is 4.26. The van der Waals surface area contributed by atoms with Crippen LogP contribution in [0.3, 0.4) is 0 Å². The van der Waals surface area contributed by atoms with Crippen molar-refractivity contribution in [2.45, 2.75) is 33.3 Å². The molecule has 0 saturated heterocycles. The Morgan fingerprint density at radius 3 is 2.74 bits per heavy atom. The van der Waals surface area contributed by atoms with Crippen LogP contribution in [0.15, 0.2) is 41.8 Å². The smallest absolute Gasteiger partial charge is 0.338 e. The van der Waals surface area contributed by atoms with Crippen molar-refractivity contribution in [2.75, 3.05) is 22.4 Å². The molecule has 1 aliphatic rings. The number of carbonyl (C=O) groups excluding carboxylic acids is 2. The van der Waals surface area contributed by atoms with Crippen LogP contribution >= 0.6 is 11.3 Å². The Morgan fingerprint density at radius 2 is 1.97 bits per heavy atom. The van der Waals surface area contributed by atoms with Crippen LogP contribution in [0.1, 0.15) is 37.7 Å². The van der Waals surface area contributed by atoms with E-state index in [9.17, 15) is 18.0 Å². The number of nitrogens with one attached hydrogen (secondary N) is 1. The minimum Gasteiger partial charge on any atom is -0.456 e. The van der Waals surface area contributed by atoms with Crippen LogP contribution < -0.4 is 9.62 Å². The van der Waals surface area contributed by atoms with Crippen LogP contribution in [0.5, 0.6) is 0 Å². The number of carbonyl (C=O) groups is 2. The van der Waals surface area contributed by atoms with Gasteiger partial charge in [0.15, 0.2) is 0 Å². The average Bonchev–Trinajstić information content (AvgIpc) is 3.40. The first-order chi connectivity index (χ1) is 16.1. The number of ether oxygens (including phenoxy) is 1. The number of hydrogen-bond acceptors (Lipinski definition) is 7. The highest BCUT2D eigenvalue weighted by Crippen LogP contribution is 2.31. The molecule has 0 atom stereocenters. The summed E-state index contributed by atoms with van der Waals surface area (Å²) in [5.74, 6) is -0.671. The maximum atomic E-state index is 12.5. The summed E-state index contributed by atoms with van der Waals surface area (Å²) in [6.07, 6.45) is 1.84. The number of thiazole rings is 1. The lowest BCUT2D eigenvalue weighted by Gasteiger charge is -2.16. The number of sulfonamides is 1. The van der Waals surface area contributed by atoms with E-state index in [4.69, 9.17) is 4.74 Å². The van der Waals surface area contributed by atoms with Crippen molar-refractivity contribution in [3.8, 4) is 0 Å². The predicted octanol–water partition coefficient (Wildman–Crippen LogP) is 3.62. The van der Waals surface area contributed by atoms with Crippen molar-refractivity contribution in [3.63, 3.8) is 0 Å². The molecular weight excluding hydrogens is 474 g/mol. The second-order valence-electron chi connectivity index (χ2n) is 8.28. The van der Waals surface area contributed by atoms with Crippen LogP contribution in [-0.2, 0) is 39.0 Å². The van der Waals surface area contributed by atoms with Crippen molar-refractivity contribution >= 4 is 44.6 Å². The van der Waals surface area contributed by atoms with Crippen molar-refractivity contribution in [1.82, 2.24) is 4.98 Å². The molecule has 8 nitrogen and oxygen atoms in total.